The van der Waals surface area contributed by atoms with Gasteiger partial charge in [-0.05, 0) is 25.5 Å². The van der Waals surface area contributed by atoms with Crippen LogP contribution in [0, 0.1) is 6.92 Å². The first-order valence-electron chi connectivity index (χ1n) is 7.79. The lowest BCUT2D eigenvalue weighted by atomic mass is 10.3. The summed E-state index contributed by atoms with van der Waals surface area (Å²) in [6.45, 7) is 8.16. The summed E-state index contributed by atoms with van der Waals surface area (Å²) < 4.78 is 30.5. The number of hydrogen-bond donors (Lipinski definition) is 0. The molecule has 2 rings (SSSR count). The van der Waals surface area contributed by atoms with Gasteiger partial charge in [-0.2, -0.15) is 0 Å². The average molecular weight is 451 g/mol. The number of rotatable bonds is 6. The van der Waals surface area contributed by atoms with E-state index in [4.69, 9.17) is 0 Å². The summed E-state index contributed by atoms with van der Waals surface area (Å²) in [6.07, 6.45) is 2.19. The highest BCUT2D eigenvalue weighted by Gasteiger charge is 2.24. The van der Waals surface area contributed by atoms with Gasteiger partial charge in [-0.1, -0.05) is 13.3 Å². The zero-order valence-electron chi connectivity index (χ0n) is 14.5. The van der Waals surface area contributed by atoms with E-state index in [1.807, 2.05) is 6.07 Å². The van der Waals surface area contributed by atoms with E-state index in [1.165, 1.54) is 10.1 Å². The second kappa shape index (κ2) is 7.94. The predicted molar refractivity (Wildman–Crippen MR) is 88.3 cm³/mol. The van der Waals surface area contributed by atoms with E-state index < -0.39 is 10.0 Å². The first-order valence-corrected chi connectivity index (χ1v) is 9.23. The van der Waals surface area contributed by atoms with Crippen molar-refractivity contribution in [3.8, 4) is 0 Å². The zero-order chi connectivity index (χ0) is 16.5. The second-order valence-electron chi connectivity index (χ2n) is 5.73. The molecule has 0 N–H and O–H groups in total. The molecule has 0 aliphatic carbocycles. The van der Waals surface area contributed by atoms with Crippen molar-refractivity contribution in [3.05, 3.63) is 24.0 Å². The molecule has 0 saturated carbocycles. The lowest BCUT2D eigenvalue weighted by molar-refractivity contribution is -0.675. The van der Waals surface area contributed by atoms with E-state index in [2.05, 4.69) is 29.9 Å². The maximum atomic E-state index is 12.4. The number of aromatic nitrogens is 2. The van der Waals surface area contributed by atoms with Crippen molar-refractivity contribution in [2.24, 2.45) is 0 Å². The van der Waals surface area contributed by atoms with Gasteiger partial charge in [0.2, 0.25) is 10.0 Å². The van der Waals surface area contributed by atoms with E-state index >= 15 is 0 Å². The number of unbranched alkanes of at least 4 members (excludes halogenated alkanes) is 1. The molecule has 0 spiro atoms. The third kappa shape index (κ3) is 3.71. The summed E-state index contributed by atoms with van der Waals surface area (Å²) in [7, 11) is -0.280. The highest BCUT2D eigenvalue weighted by Crippen LogP contribution is 2.21. The van der Waals surface area contributed by atoms with Crippen LogP contribution >= 0.6 is 0 Å². The van der Waals surface area contributed by atoms with Gasteiger partial charge in [0, 0.05) is 27.1 Å². The van der Waals surface area contributed by atoms with Crippen molar-refractivity contribution in [1.82, 2.24) is 8.87 Å². The molecule has 130 valence electrons. The minimum atomic E-state index is -3.41. The average Bonchev–Trinajstić information content (AvgIpc) is 2.75. The van der Waals surface area contributed by atoms with Crippen molar-refractivity contribution in [3.63, 3.8) is 0 Å². The second-order valence-corrected chi connectivity index (χ2v) is 7.89. The van der Waals surface area contributed by atoms with Gasteiger partial charge in [0.25, 0.3) is 5.82 Å². The maximum absolute atomic E-state index is 12.4. The van der Waals surface area contributed by atoms with Crippen LogP contribution in [0.4, 0.5) is 0 Å². The van der Waals surface area contributed by atoms with Crippen LogP contribution in [0.3, 0.4) is 0 Å². The maximum Gasteiger partial charge on any atom is 0.254 e. The molecule has 0 amide bonds. The molecule has 0 aliphatic rings. The number of benzene rings is 1. The van der Waals surface area contributed by atoms with Gasteiger partial charge in [0.1, 0.15) is 0 Å². The smallest absolute Gasteiger partial charge is 0.254 e. The Morgan fingerprint density at radius 1 is 1.22 bits per heavy atom. The molecule has 0 atom stereocenters. The Kier molecular flexibility index (Phi) is 7.03. The quantitative estimate of drug-likeness (QED) is 0.432. The van der Waals surface area contributed by atoms with Crippen molar-refractivity contribution in [1.29, 1.82) is 0 Å². The van der Waals surface area contributed by atoms with Crippen molar-refractivity contribution in [2.45, 2.75) is 51.6 Å². The summed E-state index contributed by atoms with van der Waals surface area (Å²) in [4.78, 5) is 0.350. The predicted octanol–water partition coefficient (Wildman–Crippen LogP) is -0.688. The van der Waals surface area contributed by atoms with Crippen LogP contribution in [0.25, 0.3) is 11.0 Å². The number of sulfonamides is 1. The van der Waals surface area contributed by atoms with Gasteiger partial charge < -0.3 is 24.0 Å². The van der Waals surface area contributed by atoms with E-state index in [9.17, 15) is 8.42 Å². The molecule has 0 bridgehead atoms. The summed E-state index contributed by atoms with van der Waals surface area (Å²) in [5.41, 5.74) is 2.09. The SMILES string of the molecule is CCCCn1c(C)[n+](CC)c2ccc(S(=O)(=O)N(C)C)cc21.[I-]. The Balaban J connectivity index is 0.00000264. The van der Waals surface area contributed by atoms with E-state index in [0.29, 0.717) is 4.90 Å². The van der Waals surface area contributed by atoms with Crippen LogP contribution in [0.1, 0.15) is 32.5 Å². The largest absolute Gasteiger partial charge is 1.00 e. The van der Waals surface area contributed by atoms with Gasteiger partial charge in [-0.3, -0.25) is 0 Å². The molecule has 7 heteroatoms. The molecule has 1 aromatic carbocycles. The third-order valence-corrected chi connectivity index (χ3v) is 5.95. The summed E-state index contributed by atoms with van der Waals surface area (Å²) >= 11 is 0. The van der Waals surface area contributed by atoms with Crippen LogP contribution in [0.2, 0.25) is 0 Å². The van der Waals surface area contributed by atoms with Crippen LogP contribution < -0.4 is 28.5 Å². The highest BCUT2D eigenvalue weighted by molar-refractivity contribution is 7.89. The monoisotopic (exact) mass is 451 g/mol. The molecule has 5 nitrogen and oxygen atoms in total. The number of fused-ring (bicyclic) bond motifs is 1. The molecule has 0 fully saturated rings. The van der Waals surface area contributed by atoms with E-state index in [1.54, 1.807) is 26.2 Å². The van der Waals surface area contributed by atoms with Crippen molar-refractivity contribution < 1.29 is 37.0 Å². The van der Waals surface area contributed by atoms with Gasteiger partial charge >= 0.3 is 0 Å². The standard InChI is InChI=1S/C16H26N3O2S.HI/c1-6-8-11-19-13(3)18(7-2)15-10-9-14(12-16(15)19)22(20,21)17(4)5;/h9-10,12H,6-8,11H2,1-5H3;1H/q+1;/p-1. The summed E-state index contributed by atoms with van der Waals surface area (Å²) in [5.74, 6) is 1.17. The van der Waals surface area contributed by atoms with Crippen LogP contribution in [0.5, 0.6) is 0 Å². The molecule has 1 aromatic heterocycles. The summed E-state index contributed by atoms with van der Waals surface area (Å²) in [6, 6.07) is 5.43. The normalized spacial score (nSPS) is 11.9. The molecular weight excluding hydrogens is 425 g/mol. The molecule has 0 aliphatic heterocycles. The molecular formula is C16H26IN3O2S. The molecule has 2 aromatic rings. The van der Waals surface area contributed by atoms with Gasteiger partial charge in [0.05, 0.1) is 18.0 Å². The van der Waals surface area contributed by atoms with E-state index in [-0.39, 0.29) is 24.0 Å². The van der Waals surface area contributed by atoms with Crippen molar-refractivity contribution in [2.75, 3.05) is 14.1 Å². The van der Waals surface area contributed by atoms with Crippen LogP contribution in [-0.2, 0) is 23.1 Å². The number of halogens is 1. The summed E-state index contributed by atoms with van der Waals surface area (Å²) in [5, 5.41) is 0. The zero-order valence-corrected chi connectivity index (χ0v) is 17.5. The number of nitrogens with zero attached hydrogens (tertiary/aromatic N) is 3. The van der Waals surface area contributed by atoms with Crippen molar-refractivity contribution >= 4 is 21.1 Å². The fraction of sp³-hybridized carbons (Fsp3) is 0.562. The lowest BCUT2D eigenvalue weighted by Crippen LogP contribution is -3.00. The van der Waals surface area contributed by atoms with Gasteiger partial charge in [-0.15, -0.1) is 0 Å². The first kappa shape index (κ1) is 20.4. The Morgan fingerprint density at radius 3 is 2.39 bits per heavy atom. The fourth-order valence-corrected chi connectivity index (χ4v) is 3.73. The molecule has 23 heavy (non-hydrogen) atoms. The minimum Gasteiger partial charge on any atom is -1.00 e. The molecule has 1 heterocycles. The Labute approximate surface area is 156 Å². The minimum absolute atomic E-state index is 0. The number of aryl methyl sites for hydroxylation is 2. The molecule has 0 unspecified atom stereocenters. The van der Waals surface area contributed by atoms with Gasteiger partial charge in [0.15, 0.2) is 11.0 Å². The van der Waals surface area contributed by atoms with Crippen LogP contribution in [-0.4, -0.2) is 31.4 Å². The molecule has 0 radical (unpaired) electrons. The Morgan fingerprint density at radius 2 is 1.87 bits per heavy atom. The molecule has 0 saturated heterocycles. The third-order valence-electron chi connectivity index (χ3n) is 4.14. The number of imidazole rings is 1. The topological polar surface area (TPSA) is 46.2 Å². The highest BCUT2D eigenvalue weighted by atomic mass is 127. The Hall–Kier alpha value is -0.670. The lowest BCUT2D eigenvalue weighted by Gasteiger charge is -2.10. The van der Waals surface area contributed by atoms with E-state index in [0.717, 1.165) is 37.0 Å². The van der Waals surface area contributed by atoms with Crippen LogP contribution in [0.15, 0.2) is 23.1 Å². The van der Waals surface area contributed by atoms with Gasteiger partial charge in [-0.25, -0.2) is 21.9 Å². The first-order chi connectivity index (χ1) is 10.3. The Bertz CT molecular complexity index is 782. The fourth-order valence-electron chi connectivity index (χ4n) is 2.81. The number of hydrogen-bond acceptors (Lipinski definition) is 2.